The van der Waals surface area contributed by atoms with Crippen molar-refractivity contribution in [1.82, 2.24) is 29.7 Å². The molecule has 403 valence electrons. The molecule has 0 unspecified atom stereocenters. The van der Waals surface area contributed by atoms with E-state index in [1.807, 2.05) is 0 Å². The van der Waals surface area contributed by atoms with Crippen LogP contribution in [0, 0.1) is 38.2 Å². The summed E-state index contributed by atoms with van der Waals surface area (Å²) in [5, 5.41) is 31.1. The Bertz CT molecular complexity index is 2660. The standard InChI is InChI=1S/C54H60N6O15.Dy/c1-67-37-22-43(70-4)49(44(23-37)71-5)31-16-34(55-40(19-31)52(61)62)28-58-10-12-59(29-35-17-32(20-41(56-35)53(63)64)50-45(72-6)24-38(68-2)25-46(50)73-7)14-15-60(13-11-58)30-36-18-33(21-42(57-36)54(65)66)51-47(74-8)26-39(69-3)27-48(51)75-9;/h16-27H,10-15,28-30H2,1-9H3,(H,61,62)(H,63,64)(H,65,66);/q;+3. The van der Waals surface area contributed by atoms with Gasteiger partial charge in [0, 0.05) is 95.3 Å². The van der Waals surface area contributed by atoms with E-state index in [0.717, 1.165) is 0 Å². The number of carboxylic acid groups (broad SMARTS) is 3. The van der Waals surface area contributed by atoms with E-state index in [1.54, 1.807) is 54.6 Å². The van der Waals surface area contributed by atoms with Crippen LogP contribution in [0.2, 0.25) is 0 Å². The smallest absolute Gasteiger partial charge is 0.496 e. The van der Waals surface area contributed by atoms with Gasteiger partial charge >= 0.3 is 56.1 Å². The molecule has 0 bridgehead atoms. The first-order valence-electron chi connectivity index (χ1n) is 23.5. The van der Waals surface area contributed by atoms with Crippen molar-refractivity contribution in [3.8, 4) is 85.1 Å². The molecule has 0 atom stereocenters. The number of benzene rings is 3. The minimum atomic E-state index is -1.23. The van der Waals surface area contributed by atoms with E-state index in [0.29, 0.717) is 141 Å². The Morgan fingerprint density at radius 2 is 0.579 bits per heavy atom. The number of aromatic carboxylic acids is 3. The van der Waals surface area contributed by atoms with Crippen LogP contribution in [0.1, 0.15) is 48.5 Å². The molecule has 3 aromatic heterocycles. The summed E-state index contributed by atoms with van der Waals surface area (Å²) >= 11 is 0. The summed E-state index contributed by atoms with van der Waals surface area (Å²) in [7, 11) is 13.6. The second-order valence-electron chi connectivity index (χ2n) is 17.2. The van der Waals surface area contributed by atoms with Gasteiger partial charge in [0.05, 0.1) is 97.8 Å². The number of aromatic nitrogens is 3. The molecule has 4 heterocycles. The Morgan fingerprint density at radius 3 is 0.750 bits per heavy atom. The number of ether oxygens (including phenoxy) is 9. The average molecular weight is 1200 g/mol. The third kappa shape index (κ3) is 13.6. The second kappa shape index (κ2) is 26.6. The monoisotopic (exact) mass is 1200 g/mol. The summed E-state index contributed by atoms with van der Waals surface area (Å²) in [6.07, 6.45) is 0. The largest absolute Gasteiger partial charge is 3.00 e. The maximum Gasteiger partial charge on any atom is 3.00 e. The van der Waals surface area contributed by atoms with Crippen molar-refractivity contribution in [2.75, 3.05) is 103 Å². The Labute approximate surface area is 470 Å². The minimum absolute atomic E-state index is 0. The molecule has 1 saturated heterocycles. The van der Waals surface area contributed by atoms with E-state index in [-0.39, 0.29) is 74.9 Å². The Morgan fingerprint density at radius 1 is 0.368 bits per heavy atom. The molecular formula is C54H60DyN6O15+3. The quantitative estimate of drug-likeness (QED) is 0.0666. The van der Waals surface area contributed by atoms with Crippen LogP contribution in [0.25, 0.3) is 33.4 Å². The first-order valence-corrected chi connectivity index (χ1v) is 23.5. The molecule has 1 aliphatic heterocycles. The maximum atomic E-state index is 12.7. The van der Waals surface area contributed by atoms with Gasteiger partial charge in [-0.25, -0.2) is 29.3 Å². The van der Waals surface area contributed by atoms with Crippen LogP contribution in [-0.2, 0) is 19.6 Å². The zero-order valence-corrected chi connectivity index (χ0v) is 45.6. The Hall–Kier alpha value is -7.13. The van der Waals surface area contributed by atoms with E-state index in [4.69, 9.17) is 42.6 Å². The van der Waals surface area contributed by atoms with Crippen molar-refractivity contribution in [2.24, 2.45) is 0 Å². The third-order valence-corrected chi connectivity index (χ3v) is 12.7. The molecule has 1 fully saturated rings. The fraction of sp³-hybridized carbons (Fsp3) is 0.333. The topological polar surface area (TPSA) is 243 Å². The van der Waals surface area contributed by atoms with Gasteiger partial charge in [0.2, 0.25) is 0 Å². The molecular weight excluding hydrogens is 1140 g/mol. The molecule has 1 aliphatic rings. The van der Waals surface area contributed by atoms with Crippen molar-refractivity contribution in [1.29, 1.82) is 0 Å². The molecule has 76 heavy (non-hydrogen) atoms. The van der Waals surface area contributed by atoms with Crippen LogP contribution in [0.15, 0.2) is 72.8 Å². The number of pyridine rings is 3. The summed E-state index contributed by atoms with van der Waals surface area (Å²) in [6.45, 7) is 3.35. The fourth-order valence-corrected chi connectivity index (χ4v) is 8.98. The van der Waals surface area contributed by atoms with Crippen molar-refractivity contribution < 1.29 is 111 Å². The van der Waals surface area contributed by atoms with Crippen molar-refractivity contribution in [3.05, 3.63) is 107 Å². The molecule has 0 spiro atoms. The predicted octanol–water partition coefficient (Wildman–Crippen LogP) is 6.86. The number of carboxylic acids is 3. The predicted molar refractivity (Wildman–Crippen MR) is 275 cm³/mol. The van der Waals surface area contributed by atoms with Crippen LogP contribution in [0.4, 0.5) is 0 Å². The number of hydrogen-bond acceptors (Lipinski definition) is 18. The maximum absolute atomic E-state index is 12.7. The van der Waals surface area contributed by atoms with E-state index < -0.39 is 17.9 Å². The molecule has 1 radical (unpaired) electrons. The summed E-state index contributed by atoms with van der Waals surface area (Å²) in [6, 6.07) is 19.9. The fourth-order valence-electron chi connectivity index (χ4n) is 8.98. The molecule has 0 aliphatic carbocycles. The zero-order valence-electron chi connectivity index (χ0n) is 43.5. The third-order valence-electron chi connectivity index (χ3n) is 12.7. The molecule has 0 saturated carbocycles. The second-order valence-corrected chi connectivity index (χ2v) is 17.2. The number of hydrogen-bond donors (Lipinski definition) is 3. The molecule has 22 heteroatoms. The van der Waals surface area contributed by atoms with Crippen LogP contribution in [0.5, 0.6) is 51.7 Å². The number of nitrogens with zero attached hydrogens (tertiary/aromatic N) is 6. The van der Waals surface area contributed by atoms with E-state index in [1.165, 1.54) is 82.2 Å². The van der Waals surface area contributed by atoms with Crippen molar-refractivity contribution in [2.45, 2.75) is 19.6 Å². The van der Waals surface area contributed by atoms with E-state index in [9.17, 15) is 29.7 Å². The van der Waals surface area contributed by atoms with Gasteiger partial charge in [-0.2, -0.15) is 0 Å². The first kappa shape index (κ1) is 58.1. The molecule has 0 amide bonds. The van der Waals surface area contributed by atoms with Crippen molar-refractivity contribution in [3.63, 3.8) is 0 Å². The molecule has 21 nitrogen and oxygen atoms in total. The van der Waals surface area contributed by atoms with Gasteiger partial charge in [-0.05, 0) is 53.1 Å². The number of carbonyl (C=O) groups is 3. The van der Waals surface area contributed by atoms with Crippen LogP contribution in [-0.4, -0.2) is 166 Å². The van der Waals surface area contributed by atoms with E-state index >= 15 is 0 Å². The zero-order chi connectivity index (χ0) is 53.9. The summed E-state index contributed by atoms with van der Waals surface area (Å²) < 4.78 is 50.9. The van der Waals surface area contributed by atoms with Gasteiger partial charge in [0.15, 0.2) is 0 Å². The SMILES string of the molecule is COc1cc(OC)c(-c2cc(CN3CCN(Cc4cc(-c5c(OC)cc(OC)cc5OC)cc(C(=O)O)n4)CCN(Cc4cc(-c5c(OC)cc(OC)cc5OC)cc(C(=O)O)n4)CC3)nc(C(=O)O)c2)c(OC)c1.[Dy+3]. The van der Waals surface area contributed by atoms with Gasteiger partial charge in [-0.15, -0.1) is 0 Å². The Balaban J connectivity index is 0.00000937. The minimum Gasteiger partial charge on any atom is -0.496 e. The first-order chi connectivity index (χ1) is 36.1. The molecule has 3 N–H and O–H groups in total. The van der Waals surface area contributed by atoms with Gasteiger partial charge in [0.25, 0.3) is 0 Å². The van der Waals surface area contributed by atoms with Crippen molar-refractivity contribution >= 4 is 17.9 Å². The Kier molecular flexibility index (Phi) is 20.3. The van der Waals surface area contributed by atoms with Crippen LogP contribution >= 0.6 is 0 Å². The molecule has 3 aromatic carbocycles. The summed E-state index contributed by atoms with van der Waals surface area (Å²) in [5.41, 5.74) is 3.80. The number of rotatable bonds is 21. The molecule has 7 rings (SSSR count). The normalized spacial score (nSPS) is 13.2. The van der Waals surface area contributed by atoms with Gasteiger partial charge in [-0.3, -0.25) is 14.7 Å². The summed E-state index contributed by atoms with van der Waals surface area (Å²) in [4.78, 5) is 58.3. The average Bonchev–Trinajstić information content (AvgIpc) is 3.51. The van der Waals surface area contributed by atoms with Crippen LogP contribution < -0.4 is 42.6 Å². The molecule has 6 aromatic rings. The van der Waals surface area contributed by atoms with Crippen LogP contribution in [0.3, 0.4) is 0 Å². The summed E-state index contributed by atoms with van der Waals surface area (Å²) in [5.74, 6) is 0.135. The van der Waals surface area contributed by atoms with Gasteiger partial charge in [-0.1, -0.05) is 0 Å². The number of methoxy groups -OCH3 is 9. The van der Waals surface area contributed by atoms with E-state index in [2.05, 4.69) is 29.7 Å². The van der Waals surface area contributed by atoms with Gasteiger partial charge in [0.1, 0.15) is 68.8 Å². The van der Waals surface area contributed by atoms with Gasteiger partial charge < -0.3 is 58.0 Å².